The quantitative estimate of drug-likeness (QED) is 0.151. The summed E-state index contributed by atoms with van der Waals surface area (Å²) >= 11 is 0. The lowest BCUT2D eigenvalue weighted by Crippen LogP contribution is -2.28. The number of fused-ring (bicyclic) bond motifs is 9. The third-order valence-corrected chi connectivity index (χ3v) is 15.8. The van der Waals surface area contributed by atoms with E-state index in [0.29, 0.717) is 0 Å². The maximum Gasteiger partial charge on any atom is 0.143 e. The molecule has 12 aromatic rings. The molecule has 2 heteroatoms. The molecule has 0 radical (unpaired) electrons. The van der Waals surface area contributed by atoms with Crippen LogP contribution in [0.15, 0.2) is 265 Å². The summed E-state index contributed by atoms with van der Waals surface area (Å²) in [6, 6.07) is 96.0. The minimum atomic E-state index is -0.537. The molecular formula is C70H49NO. The second-order valence-electron chi connectivity index (χ2n) is 19.9. The van der Waals surface area contributed by atoms with Crippen molar-refractivity contribution in [2.75, 3.05) is 4.90 Å². The van der Waals surface area contributed by atoms with E-state index in [4.69, 9.17) is 4.42 Å². The van der Waals surface area contributed by atoms with Crippen molar-refractivity contribution < 1.29 is 4.42 Å². The predicted molar refractivity (Wildman–Crippen MR) is 300 cm³/mol. The van der Waals surface area contributed by atoms with Gasteiger partial charge < -0.3 is 9.32 Å². The van der Waals surface area contributed by atoms with Crippen LogP contribution in [0.2, 0.25) is 0 Å². The molecule has 0 amide bonds. The third kappa shape index (κ3) is 6.28. The number of hydrogen-bond donors (Lipinski definition) is 0. The van der Waals surface area contributed by atoms with Gasteiger partial charge in [-0.25, -0.2) is 0 Å². The molecule has 1 heterocycles. The molecule has 0 fully saturated rings. The first-order valence-electron chi connectivity index (χ1n) is 25.1. The topological polar surface area (TPSA) is 16.4 Å². The highest BCUT2D eigenvalue weighted by Crippen LogP contribution is 2.58. The Kier molecular flexibility index (Phi) is 9.50. The Hall–Kier alpha value is -8.98. The molecule has 2 nitrogen and oxygen atoms in total. The van der Waals surface area contributed by atoms with E-state index in [0.717, 1.165) is 55.7 Å². The normalized spacial score (nSPS) is 15.0. The fourth-order valence-corrected chi connectivity index (χ4v) is 12.4. The van der Waals surface area contributed by atoms with Crippen molar-refractivity contribution in [3.63, 3.8) is 0 Å². The van der Waals surface area contributed by atoms with Crippen molar-refractivity contribution in [1.29, 1.82) is 0 Å². The summed E-state index contributed by atoms with van der Waals surface area (Å²) in [5, 5.41) is 2.27. The zero-order valence-corrected chi connectivity index (χ0v) is 40.2. The van der Waals surface area contributed by atoms with Gasteiger partial charge in [0.2, 0.25) is 0 Å². The zero-order valence-electron chi connectivity index (χ0n) is 40.2. The molecule has 0 saturated carbocycles. The largest absolute Gasteiger partial charge is 0.455 e. The summed E-state index contributed by atoms with van der Waals surface area (Å²) in [4.78, 5) is 2.45. The molecule has 0 N–H and O–H groups in total. The molecule has 1 unspecified atom stereocenters. The van der Waals surface area contributed by atoms with Gasteiger partial charge in [-0.3, -0.25) is 0 Å². The zero-order chi connectivity index (χ0) is 48.0. The fraction of sp³-hybridized carbons (Fsp3) is 0.0571. The number of para-hydroxylation sites is 2. The molecule has 0 bridgehead atoms. The summed E-state index contributed by atoms with van der Waals surface area (Å²) in [5.41, 5.74) is 24.4. The molecule has 14 rings (SSSR count). The van der Waals surface area contributed by atoms with Crippen LogP contribution in [0.4, 0.5) is 17.1 Å². The van der Waals surface area contributed by atoms with Crippen LogP contribution >= 0.6 is 0 Å². The van der Waals surface area contributed by atoms with Gasteiger partial charge in [0.15, 0.2) is 0 Å². The second-order valence-corrected chi connectivity index (χ2v) is 19.9. The number of benzene rings is 11. The van der Waals surface area contributed by atoms with Crippen LogP contribution in [0.25, 0.3) is 77.6 Å². The summed E-state index contributed by atoms with van der Waals surface area (Å²) in [6.45, 7) is 4.71. The first kappa shape index (κ1) is 41.9. The molecule has 1 aromatic heterocycles. The number of anilines is 3. The van der Waals surface area contributed by atoms with E-state index < -0.39 is 5.41 Å². The van der Waals surface area contributed by atoms with Gasteiger partial charge in [-0.2, -0.15) is 0 Å². The van der Waals surface area contributed by atoms with Gasteiger partial charge in [0.25, 0.3) is 0 Å². The summed E-state index contributed by atoms with van der Waals surface area (Å²) in [7, 11) is 0. The van der Waals surface area contributed by atoms with Crippen molar-refractivity contribution in [3.8, 4) is 55.6 Å². The van der Waals surface area contributed by atoms with Crippen molar-refractivity contribution in [2.24, 2.45) is 0 Å². The second kappa shape index (κ2) is 16.3. The molecule has 2 aliphatic carbocycles. The van der Waals surface area contributed by atoms with E-state index in [2.05, 4.69) is 274 Å². The molecule has 11 aromatic carbocycles. The van der Waals surface area contributed by atoms with E-state index in [9.17, 15) is 0 Å². The lowest BCUT2D eigenvalue weighted by Gasteiger charge is -2.34. The van der Waals surface area contributed by atoms with Gasteiger partial charge >= 0.3 is 0 Å². The number of rotatable bonds is 8. The Balaban J connectivity index is 0.912. The van der Waals surface area contributed by atoms with Crippen molar-refractivity contribution in [3.05, 3.63) is 294 Å². The Morgan fingerprint density at radius 2 is 0.861 bits per heavy atom. The van der Waals surface area contributed by atoms with Crippen LogP contribution in [0.1, 0.15) is 47.2 Å². The van der Waals surface area contributed by atoms with Crippen LogP contribution in [0, 0.1) is 0 Å². The van der Waals surface area contributed by atoms with Crippen molar-refractivity contribution in [2.45, 2.75) is 24.7 Å². The lowest BCUT2D eigenvalue weighted by molar-refractivity contribution is 0.660. The number of hydrogen-bond acceptors (Lipinski definition) is 2. The Labute approximate surface area is 420 Å². The molecule has 2 aliphatic rings. The molecule has 1 atom stereocenters. The molecular weight excluding hydrogens is 871 g/mol. The lowest BCUT2D eigenvalue weighted by atomic mass is 9.67. The van der Waals surface area contributed by atoms with Gasteiger partial charge in [0.1, 0.15) is 11.2 Å². The number of furan rings is 1. The first-order chi connectivity index (χ1) is 35.5. The first-order valence-corrected chi connectivity index (χ1v) is 25.1. The minimum Gasteiger partial charge on any atom is -0.455 e. The van der Waals surface area contributed by atoms with Gasteiger partial charge in [0.05, 0.1) is 11.1 Å². The van der Waals surface area contributed by atoms with Gasteiger partial charge in [-0.05, 0) is 126 Å². The van der Waals surface area contributed by atoms with Crippen LogP contribution < -0.4 is 4.90 Å². The van der Waals surface area contributed by atoms with Crippen LogP contribution in [0.5, 0.6) is 0 Å². The van der Waals surface area contributed by atoms with E-state index in [1.165, 1.54) is 72.3 Å². The van der Waals surface area contributed by atoms with Gasteiger partial charge in [0, 0.05) is 38.7 Å². The highest BCUT2D eigenvalue weighted by Gasteiger charge is 2.46. The van der Waals surface area contributed by atoms with Crippen LogP contribution in [-0.2, 0) is 10.8 Å². The van der Waals surface area contributed by atoms with Crippen molar-refractivity contribution in [1.82, 2.24) is 0 Å². The Morgan fingerprint density at radius 1 is 0.333 bits per heavy atom. The van der Waals surface area contributed by atoms with E-state index in [1.807, 2.05) is 6.07 Å². The van der Waals surface area contributed by atoms with Gasteiger partial charge in [-0.15, -0.1) is 0 Å². The number of nitrogens with zero attached hydrogens (tertiary/aromatic N) is 1. The van der Waals surface area contributed by atoms with Crippen LogP contribution in [0.3, 0.4) is 0 Å². The molecule has 0 spiro atoms. The SMILES string of the molecule is CC1(C)c2ccccc2-c2c(N(c3ccc(-c4ccc5c(c4)C(c4ccccc4)(c4cccc(-c6ccccc6)c4)c4ccccc4-5)cc3)c3ccc(-c4cccc5c4oc4ccccc45)cc3)cccc21. The summed E-state index contributed by atoms with van der Waals surface area (Å²) < 4.78 is 6.51. The Morgan fingerprint density at radius 3 is 1.65 bits per heavy atom. The molecule has 340 valence electrons. The smallest absolute Gasteiger partial charge is 0.143 e. The highest BCUT2D eigenvalue weighted by molar-refractivity contribution is 6.09. The highest BCUT2D eigenvalue weighted by atomic mass is 16.3. The summed E-state index contributed by atoms with van der Waals surface area (Å²) in [5.74, 6) is 0. The monoisotopic (exact) mass is 919 g/mol. The predicted octanol–water partition coefficient (Wildman–Crippen LogP) is 18.7. The average Bonchev–Trinajstić information content (AvgIpc) is 4.06. The maximum atomic E-state index is 6.51. The van der Waals surface area contributed by atoms with E-state index >= 15 is 0 Å². The third-order valence-electron chi connectivity index (χ3n) is 15.8. The Bertz CT molecular complexity index is 4050. The average molecular weight is 920 g/mol. The minimum absolute atomic E-state index is 0.141. The van der Waals surface area contributed by atoms with Crippen LogP contribution in [-0.4, -0.2) is 0 Å². The van der Waals surface area contributed by atoms with E-state index in [-0.39, 0.29) is 5.41 Å². The molecule has 0 aliphatic heterocycles. The standard InChI is InChI=1S/C70H49NO/c1-69(2)61-29-12-10-26-60(61)67-63(69)31-17-32-65(67)71(54-41-36-48(37-42-54)55-27-16-28-59-58-25-11-14-33-66(58)72-68(55)59)53-39-34-47(35-40-53)50-38-43-57-56-24-9-13-30-62(56)70(64(57)45-50,51-21-7-4-8-22-51)52-23-15-20-49(44-52)46-18-5-3-6-19-46/h3-45H,1-2H3. The molecule has 72 heavy (non-hydrogen) atoms. The fourth-order valence-electron chi connectivity index (χ4n) is 12.4. The maximum absolute atomic E-state index is 6.51. The van der Waals surface area contributed by atoms with Crippen molar-refractivity contribution >= 4 is 39.0 Å². The van der Waals surface area contributed by atoms with E-state index in [1.54, 1.807) is 0 Å². The summed E-state index contributed by atoms with van der Waals surface area (Å²) in [6.07, 6.45) is 0. The molecule has 0 saturated heterocycles. The van der Waals surface area contributed by atoms with Gasteiger partial charge in [-0.1, -0.05) is 226 Å².